The number of benzene rings is 1. The van der Waals surface area contributed by atoms with Gasteiger partial charge in [0.2, 0.25) is 11.2 Å². The summed E-state index contributed by atoms with van der Waals surface area (Å²) in [6.07, 6.45) is 3.95. The quantitative estimate of drug-likeness (QED) is 0.591. The number of carbonyl (C=O) groups excluding carboxylic acids is 1. The Bertz CT molecular complexity index is 1070. The van der Waals surface area contributed by atoms with Gasteiger partial charge in [0.15, 0.2) is 6.61 Å². The summed E-state index contributed by atoms with van der Waals surface area (Å²) >= 11 is 0. The Morgan fingerprint density at radius 3 is 2.58 bits per heavy atom. The largest absolute Gasteiger partial charge is 0.477 e. The smallest absolute Gasteiger partial charge is 0.260 e. The number of amides is 1. The second kappa shape index (κ2) is 11.6. The summed E-state index contributed by atoms with van der Waals surface area (Å²) in [5.41, 5.74) is 2.35. The van der Waals surface area contributed by atoms with Crippen molar-refractivity contribution in [2.75, 3.05) is 53.0 Å². The van der Waals surface area contributed by atoms with Crippen molar-refractivity contribution in [2.45, 2.75) is 38.6 Å². The van der Waals surface area contributed by atoms with Crippen LogP contribution in [0.5, 0.6) is 5.75 Å². The van der Waals surface area contributed by atoms with Gasteiger partial charge < -0.3 is 24.1 Å². The molecule has 4 heterocycles. The maximum absolute atomic E-state index is 12.7. The fourth-order valence-electron chi connectivity index (χ4n) is 5.60. The average Bonchev–Trinajstić information content (AvgIpc) is 3.31. The lowest BCUT2D eigenvalue weighted by Crippen LogP contribution is -2.60. The number of methoxy groups -OCH3 is 1. The van der Waals surface area contributed by atoms with Crippen LogP contribution in [0.25, 0.3) is 0 Å². The van der Waals surface area contributed by atoms with Crippen LogP contribution in [-0.4, -0.2) is 79.8 Å². The molecule has 9 nitrogen and oxygen atoms in total. The van der Waals surface area contributed by atoms with Crippen molar-refractivity contribution in [3.63, 3.8) is 0 Å². The first kappa shape index (κ1) is 25.0. The number of nitrogens with one attached hydrogen (secondary N) is 1. The highest BCUT2D eigenvalue weighted by molar-refractivity contribution is 5.77. The normalized spacial score (nSPS) is 23.0. The number of fused-ring (bicyclic) bond motifs is 1. The van der Waals surface area contributed by atoms with Gasteiger partial charge >= 0.3 is 0 Å². The molecule has 1 amide bonds. The molecule has 2 aromatic rings. The number of piperidine rings is 1. The Hall–Kier alpha value is -2.72. The van der Waals surface area contributed by atoms with E-state index in [9.17, 15) is 9.59 Å². The van der Waals surface area contributed by atoms with E-state index in [0.29, 0.717) is 37.5 Å². The van der Waals surface area contributed by atoms with Gasteiger partial charge in [-0.25, -0.2) is 0 Å². The SMILES string of the molecule is COCC1CCCNC1N1CCN(C(=O)COc2coc(CN3Cc4ccccc4C3)cc2=O)CC1. The standard InChI is InChI=1S/C27H36N4O5/c1-34-17-22-7-4-8-28-27(22)31-11-9-30(10-12-31)26(33)19-36-25-18-35-23(13-24(25)32)16-29-14-20-5-2-3-6-21(20)15-29/h2-3,5-6,13,18,22,27-28H,4,7-12,14-17,19H2,1H3. The van der Waals surface area contributed by atoms with E-state index >= 15 is 0 Å². The third-order valence-electron chi connectivity index (χ3n) is 7.48. The van der Waals surface area contributed by atoms with Gasteiger partial charge in [0.05, 0.1) is 19.3 Å². The molecule has 1 aromatic carbocycles. The van der Waals surface area contributed by atoms with Gasteiger partial charge in [-0.15, -0.1) is 0 Å². The molecule has 36 heavy (non-hydrogen) atoms. The second-order valence-corrected chi connectivity index (χ2v) is 9.95. The average molecular weight is 497 g/mol. The van der Waals surface area contributed by atoms with E-state index in [-0.39, 0.29) is 23.7 Å². The molecule has 0 radical (unpaired) electrons. The highest BCUT2D eigenvalue weighted by Gasteiger charge is 2.33. The van der Waals surface area contributed by atoms with E-state index in [0.717, 1.165) is 45.8 Å². The van der Waals surface area contributed by atoms with Crippen LogP contribution in [-0.2, 0) is 29.2 Å². The Morgan fingerprint density at radius 1 is 1.14 bits per heavy atom. The second-order valence-electron chi connectivity index (χ2n) is 9.95. The number of ether oxygens (including phenoxy) is 2. The van der Waals surface area contributed by atoms with E-state index in [2.05, 4.69) is 27.2 Å². The number of rotatable bonds is 8. The molecule has 5 rings (SSSR count). The van der Waals surface area contributed by atoms with E-state index in [1.54, 1.807) is 7.11 Å². The van der Waals surface area contributed by atoms with Crippen molar-refractivity contribution in [1.29, 1.82) is 0 Å². The number of hydrogen-bond donors (Lipinski definition) is 1. The summed E-state index contributed by atoms with van der Waals surface area (Å²) in [6, 6.07) is 9.81. The highest BCUT2D eigenvalue weighted by atomic mass is 16.5. The summed E-state index contributed by atoms with van der Waals surface area (Å²) in [5, 5.41) is 3.62. The lowest BCUT2D eigenvalue weighted by atomic mass is 9.95. The van der Waals surface area contributed by atoms with E-state index in [4.69, 9.17) is 13.9 Å². The molecule has 2 saturated heterocycles. The minimum atomic E-state index is -0.266. The van der Waals surface area contributed by atoms with Crippen molar-refractivity contribution >= 4 is 5.91 Å². The molecule has 2 fully saturated rings. The molecule has 194 valence electrons. The molecule has 0 saturated carbocycles. The van der Waals surface area contributed by atoms with Crippen LogP contribution in [0.15, 0.2) is 45.8 Å². The lowest BCUT2D eigenvalue weighted by Gasteiger charge is -2.44. The summed E-state index contributed by atoms with van der Waals surface area (Å²) in [4.78, 5) is 31.8. The summed E-state index contributed by atoms with van der Waals surface area (Å²) < 4.78 is 16.7. The topological polar surface area (TPSA) is 87.5 Å². The predicted molar refractivity (Wildman–Crippen MR) is 134 cm³/mol. The number of nitrogens with zero attached hydrogens (tertiary/aromatic N) is 3. The lowest BCUT2D eigenvalue weighted by molar-refractivity contribution is -0.136. The summed E-state index contributed by atoms with van der Waals surface area (Å²) in [5.74, 6) is 1.02. The van der Waals surface area contributed by atoms with Crippen molar-refractivity contribution in [3.8, 4) is 5.75 Å². The highest BCUT2D eigenvalue weighted by Crippen LogP contribution is 2.24. The maximum atomic E-state index is 12.7. The Labute approximate surface area is 211 Å². The van der Waals surface area contributed by atoms with Crippen LogP contribution in [0.2, 0.25) is 0 Å². The van der Waals surface area contributed by atoms with Gasteiger partial charge in [0.25, 0.3) is 5.91 Å². The number of carbonyl (C=O) groups is 1. The molecule has 0 spiro atoms. The molecule has 1 N–H and O–H groups in total. The number of piperazine rings is 1. The van der Waals surface area contributed by atoms with Gasteiger partial charge in [-0.05, 0) is 30.5 Å². The van der Waals surface area contributed by atoms with E-state index in [1.807, 2.05) is 17.0 Å². The Kier molecular flexibility index (Phi) is 8.01. The zero-order valence-corrected chi connectivity index (χ0v) is 21.0. The van der Waals surface area contributed by atoms with Gasteiger partial charge in [-0.1, -0.05) is 24.3 Å². The molecule has 3 aliphatic heterocycles. The van der Waals surface area contributed by atoms with Crippen LogP contribution < -0.4 is 15.5 Å². The van der Waals surface area contributed by atoms with Crippen LogP contribution in [0.1, 0.15) is 29.7 Å². The van der Waals surface area contributed by atoms with Crippen LogP contribution in [0, 0.1) is 5.92 Å². The summed E-state index contributed by atoms with van der Waals surface area (Å²) in [6.45, 7) is 6.73. The van der Waals surface area contributed by atoms with Gasteiger partial charge in [-0.2, -0.15) is 0 Å². The zero-order chi connectivity index (χ0) is 24.9. The minimum absolute atomic E-state index is 0.0734. The van der Waals surface area contributed by atoms with Gasteiger partial charge in [0, 0.05) is 58.4 Å². The molecule has 0 aliphatic carbocycles. The molecule has 1 aromatic heterocycles. The fraction of sp³-hybridized carbons (Fsp3) is 0.556. The first-order valence-corrected chi connectivity index (χ1v) is 12.9. The Morgan fingerprint density at radius 2 is 1.89 bits per heavy atom. The molecule has 3 aliphatic rings. The third-order valence-corrected chi connectivity index (χ3v) is 7.48. The van der Waals surface area contributed by atoms with Gasteiger partial charge in [-0.3, -0.25) is 19.4 Å². The van der Waals surface area contributed by atoms with Crippen molar-refractivity contribution < 1.29 is 18.7 Å². The van der Waals surface area contributed by atoms with Crippen molar-refractivity contribution in [2.24, 2.45) is 5.92 Å². The molecule has 0 bridgehead atoms. The monoisotopic (exact) mass is 496 g/mol. The van der Waals surface area contributed by atoms with Crippen molar-refractivity contribution in [1.82, 2.24) is 20.0 Å². The molecule has 2 unspecified atom stereocenters. The Balaban J connectivity index is 1.08. The van der Waals surface area contributed by atoms with E-state index < -0.39 is 0 Å². The maximum Gasteiger partial charge on any atom is 0.260 e. The predicted octanol–water partition coefficient (Wildman–Crippen LogP) is 1.65. The molecule has 2 atom stereocenters. The molecular formula is C27H36N4O5. The first-order chi connectivity index (χ1) is 17.6. The summed E-state index contributed by atoms with van der Waals surface area (Å²) in [7, 11) is 1.75. The van der Waals surface area contributed by atoms with Crippen LogP contribution in [0.4, 0.5) is 0 Å². The molecule has 9 heteroatoms. The third kappa shape index (κ3) is 5.81. The van der Waals surface area contributed by atoms with E-state index in [1.165, 1.54) is 29.9 Å². The molecular weight excluding hydrogens is 460 g/mol. The minimum Gasteiger partial charge on any atom is -0.477 e. The fourth-order valence-corrected chi connectivity index (χ4v) is 5.60. The van der Waals surface area contributed by atoms with Crippen LogP contribution in [0.3, 0.4) is 0 Å². The van der Waals surface area contributed by atoms with Crippen LogP contribution >= 0.6 is 0 Å². The zero-order valence-electron chi connectivity index (χ0n) is 21.0. The first-order valence-electron chi connectivity index (χ1n) is 12.9. The van der Waals surface area contributed by atoms with Gasteiger partial charge in [0.1, 0.15) is 12.0 Å². The number of hydrogen-bond acceptors (Lipinski definition) is 8. The van der Waals surface area contributed by atoms with Crippen molar-refractivity contribution in [3.05, 3.63) is 63.7 Å².